The van der Waals surface area contributed by atoms with Crippen molar-refractivity contribution in [2.24, 2.45) is 5.10 Å². The van der Waals surface area contributed by atoms with Gasteiger partial charge in [-0.25, -0.2) is 10.2 Å². The molecule has 74 valence electrons. The molecule has 1 rings (SSSR count). The Balaban J connectivity index is 2.34. The molecule has 13 heavy (non-hydrogen) atoms. The number of carbonyl (C=O) groups is 1. The molecule has 0 radical (unpaired) electrons. The van der Waals surface area contributed by atoms with Gasteiger partial charge in [-0.3, -0.25) is 0 Å². The summed E-state index contributed by atoms with van der Waals surface area (Å²) in [7, 11) is 0. The van der Waals surface area contributed by atoms with Crippen LogP contribution in [0.3, 0.4) is 0 Å². The van der Waals surface area contributed by atoms with Crippen molar-refractivity contribution in [1.29, 1.82) is 0 Å². The van der Waals surface area contributed by atoms with Crippen LogP contribution in [0.25, 0.3) is 0 Å². The van der Waals surface area contributed by atoms with Gasteiger partial charge in [-0.15, -0.1) is 0 Å². The highest BCUT2D eigenvalue weighted by Crippen LogP contribution is 2.22. The van der Waals surface area contributed by atoms with E-state index in [0.29, 0.717) is 11.8 Å². The van der Waals surface area contributed by atoms with E-state index >= 15 is 0 Å². The van der Waals surface area contributed by atoms with E-state index in [9.17, 15) is 4.79 Å². The van der Waals surface area contributed by atoms with Crippen LogP contribution in [0.4, 0.5) is 4.79 Å². The van der Waals surface area contributed by atoms with Crippen LogP contribution in [0, 0.1) is 0 Å². The Hall–Kier alpha value is -0.710. The van der Waals surface area contributed by atoms with Gasteiger partial charge in [0.2, 0.25) is 0 Å². The lowest BCUT2D eigenvalue weighted by molar-refractivity contribution is 0.242. The minimum Gasteiger partial charge on any atom is -0.337 e. The summed E-state index contributed by atoms with van der Waals surface area (Å²) in [5.74, 6) is 1.11. The van der Waals surface area contributed by atoms with Crippen molar-refractivity contribution in [2.75, 3.05) is 12.3 Å². The summed E-state index contributed by atoms with van der Waals surface area (Å²) in [6.45, 7) is 4.61. The molecule has 1 heterocycles. The number of rotatable bonds is 2. The fourth-order valence-corrected chi connectivity index (χ4v) is 2.15. The number of urea groups is 1. The number of thioether (sulfide) groups is 1. The number of nitrogens with one attached hydrogen (secondary N) is 2. The van der Waals surface area contributed by atoms with E-state index in [1.807, 2.05) is 18.7 Å². The smallest absolute Gasteiger partial charge is 0.335 e. The lowest BCUT2D eigenvalue weighted by Crippen LogP contribution is -2.33. The summed E-state index contributed by atoms with van der Waals surface area (Å²) in [5, 5.41) is 7.12. The minimum atomic E-state index is -0.223. The number of carbonyl (C=O) groups excluding carboxylic acids is 1. The fourth-order valence-electron chi connectivity index (χ4n) is 1.11. The number of amides is 2. The van der Waals surface area contributed by atoms with E-state index in [4.69, 9.17) is 0 Å². The highest BCUT2D eigenvalue weighted by Gasteiger charge is 2.18. The lowest BCUT2D eigenvalue weighted by Gasteiger charge is -2.03. The van der Waals surface area contributed by atoms with Crippen LogP contribution in [-0.2, 0) is 0 Å². The average molecular weight is 201 g/mol. The number of hydrogen-bond acceptors (Lipinski definition) is 3. The zero-order chi connectivity index (χ0) is 9.68. The molecule has 1 unspecified atom stereocenters. The molecular formula is C8H15N3OS. The molecule has 1 aliphatic rings. The predicted octanol–water partition coefficient (Wildman–Crippen LogP) is 1.19. The normalized spacial score (nSPS) is 24.8. The molecule has 1 saturated heterocycles. The molecule has 0 saturated carbocycles. The van der Waals surface area contributed by atoms with Crippen molar-refractivity contribution in [3.63, 3.8) is 0 Å². The summed E-state index contributed by atoms with van der Waals surface area (Å²) < 4.78 is 0. The van der Waals surface area contributed by atoms with Gasteiger partial charge in [0, 0.05) is 11.8 Å². The summed E-state index contributed by atoms with van der Waals surface area (Å²) in [6.07, 6.45) is 0.984. The highest BCUT2D eigenvalue weighted by atomic mass is 32.2. The second-order valence-corrected chi connectivity index (χ2v) is 4.29. The molecule has 0 aliphatic carbocycles. The minimum absolute atomic E-state index is 0.223. The first-order valence-corrected chi connectivity index (χ1v) is 5.50. The largest absolute Gasteiger partial charge is 0.337 e. The zero-order valence-corrected chi connectivity index (χ0v) is 8.78. The Kier molecular flexibility index (Phi) is 4.08. The summed E-state index contributed by atoms with van der Waals surface area (Å²) in [6, 6.07) is -0.223. The second-order valence-electron chi connectivity index (χ2n) is 2.84. The number of hydrogen-bond donors (Lipinski definition) is 2. The molecule has 4 nitrogen and oxygen atoms in total. The standard InChI is InChI=1S/C8H15N3OS/c1-3-9-8(12)11-10-7-4-5-13-6(7)2/h6H,3-5H2,1-2H3,(H2,9,11,12)/b10-7-. The lowest BCUT2D eigenvalue weighted by atomic mass is 10.2. The van der Waals surface area contributed by atoms with Gasteiger partial charge >= 0.3 is 6.03 Å². The Morgan fingerprint density at radius 3 is 3.08 bits per heavy atom. The van der Waals surface area contributed by atoms with Gasteiger partial charge in [-0.1, -0.05) is 0 Å². The number of hydrazone groups is 1. The van der Waals surface area contributed by atoms with Gasteiger partial charge in [0.05, 0.1) is 5.71 Å². The molecule has 1 fully saturated rings. The zero-order valence-electron chi connectivity index (χ0n) is 7.96. The molecular weight excluding hydrogens is 186 g/mol. The maximum Gasteiger partial charge on any atom is 0.335 e. The van der Waals surface area contributed by atoms with Gasteiger partial charge < -0.3 is 5.32 Å². The van der Waals surface area contributed by atoms with Crippen molar-refractivity contribution < 1.29 is 4.79 Å². The number of nitrogens with zero attached hydrogens (tertiary/aromatic N) is 1. The topological polar surface area (TPSA) is 53.5 Å². The third kappa shape index (κ3) is 3.26. The highest BCUT2D eigenvalue weighted by molar-refractivity contribution is 8.01. The molecule has 0 aromatic rings. The van der Waals surface area contributed by atoms with Crippen molar-refractivity contribution in [1.82, 2.24) is 10.7 Å². The first kappa shape index (κ1) is 10.4. The van der Waals surface area contributed by atoms with E-state index in [0.717, 1.165) is 17.9 Å². The predicted molar refractivity (Wildman–Crippen MR) is 56.2 cm³/mol. The van der Waals surface area contributed by atoms with Crippen molar-refractivity contribution in [3.8, 4) is 0 Å². The van der Waals surface area contributed by atoms with Crippen LogP contribution in [0.15, 0.2) is 5.10 Å². The van der Waals surface area contributed by atoms with Crippen molar-refractivity contribution in [3.05, 3.63) is 0 Å². The monoisotopic (exact) mass is 201 g/mol. The Labute approximate surface area is 82.5 Å². The van der Waals surface area contributed by atoms with E-state index < -0.39 is 0 Å². The van der Waals surface area contributed by atoms with Crippen LogP contribution < -0.4 is 10.7 Å². The van der Waals surface area contributed by atoms with Crippen LogP contribution in [-0.4, -0.2) is 29.3 Å². The molecule has 0 aromatic carbocycles. The molecule has 2 N–H and O–H groups in total. The van der Waals surface area contributed by atoms with Gasteiger partial charge in [0.25, 0.3) is 0 Å². The third-order valence-corrected chi connectivity index (χ3v) is 3.05. The maximum atomic E-state index is 11.0. The van der Waals surface area contributed by atoms with Crippen LogP contribution in [0.1, 0.15) is 20.3 Å². The third-order valence-electron chi connectivity index (χ3n) is 1.83. The quantitative estimate of drug-likeness (QED) is 0.659. The van der Waals surface area contributed by atoms with E-state index in [2.05, 4.69) is 22.8 Å². The average Bonchev–Trinajstić information content (AvgIpc) is 2.48. The van der Waals surface area contributed by atoms with Gasteiger partial charge in [0.15, 0.2) is 0 Å². The Morgan fingerprint density at radius 1 is 1.77 bits per heavy atom. The first-order valence-electron chi connectivity index (χ1n) is 4.46. The Morgan fingerprint density at radius 2 is 2.54 bits per heavy atom. The summed E-state index contributed by atoms with van der Waals surface area (Å²) in [4.78, 5) is 11.0. The van der Waals surface area contributed by atoms with Crippen molar-refractivity contribution >= 4 is 23.5 Å². The molecule has 0 spiro atoms. The van der Waals surface area contributed by atoms with Gasteiger partial charge in [-0.05, 0) is 26.0 Å². The summed E-state index contributed by atoms with van der Waals surface area (Å²) >= 11 is 1.87. The Bertz CT molecular complexity index is 217. The molecule has 1 aliphatic heterocycles. The van der Waals surface area contributed by atoms with Gasteiger partial charge in [0.1, 0.15) is 0 Å². The van der Waals surface area contributed by atoms with Crippen LogP contribution >= 0.6 is 11.8 Å². The van der Waals surface area contributed by atoms with Crippen LogP contribution in [0.5, 0.6) is 0 Å². The molecule has 1 atom stereocenters. The van der Waals surface area contributed by atoms with Crippen LogP contribution in [0.2, 0.25) is 0 Å². The van der Waals surface area contributed by atoms with E-state index in [1.165, 1.54) is 0 Å². The SMILES string of the molecule is CCNC(=O)N/N=C1/CCSC1C. The molecule has 0 aromatic heterocycles. The first-order chi connectivity index (χ1) is 6.24. The molecule has 0 bridgehead atoms. The van der Waals surface area contributed by atoms with Gasteiger partial charge in [-0.2, -0.15) is 16.9 Å². The molecule has 5 heteroatoms. The molecule has 2 amide bonds. The second kappa shape index (κ2) is 5.11. The fraction of sp³-hybridized carbons (Fsp3) is 0.750. The summed E-state index contributed by atoms with van der Waals surface area (Å²) in [5.41, 5.74) is 3.56. The van der Waals surface area contributed by atoms with E-state index in [-0.39, 0.29) is 6.03 Å². The van der Waals surface area contributed by atoms with E-state index in [1.54, 1.807) is 0 Å². The van der Waals surface area contributed by atoms with Crippen molar-refractivity contribution in [2.45, 2.75) is 25.5 Å². The maximum absolute atomic E-state index is 11.0.